The normalized spacial score (nSPS) is 12.0. The van der Waals surface area contributed by atoms with E-state index in [9.17, 15) is 19.8 Å². The number of rotatable bonds is 5. The van der Waals surface area contributed by atoms with Crippen molar-refractivity contribution in [3.05, 3.63) is 64.7 Å². The lowest BCUT2D eigenvalue weighted by Crippen LogP contribution is -2.25. The molecule has 0 aliphatic carbocycles. The van der Waals surface area contributed by atoms with Crippen molar-refractivity contribution >= 4 is 11.8 Å². The third kappa shape index (κ3) is 4.31. The van der Waals surface area contributed by atoms with Crippen LogP contribution in [0.2, 0.25) is 0 Å². The Morgan fingerprint density at radius 3 is 2.00 bits per heavy atom. The predicted octanol–water partition coefficient (Wildman–Crippen LogP) is 5.04. The molecule has 2 aromatic carbocycles. The third-order valence-electron chi connectivity index (χ3n) is 4.40. The minimum atomic E-state index is -1.17. The second-order valence-electron chi connectivity index (χ2n) is 8.53. The van der Waals surface area contributed by atoms with Crippen LogP contribution in [-0.4, -0.2) is 22.0 Å². The Balaban J connectivity index is 2.52. The van der Waals surface area contributed by atoms with Crippen LogP contribution in [0.3, 0.4) is 0 Å². The molecule has 0 atom stereocenters. The SMILES string of the molecule is CC(C)(C)CC(C)(C)c1ccc(O)c(C(=O)c2ccccc2C(=O)O)c1. The van der Waals surface area contributed by atoms with E-state index >= 15 is 0 Å². The topological polar surface area (TPSA) is 74.6 Å². The van der Waals surface area contributed by atoms with E-state index in [-0.39, 0.29) is 33.3 Å². The van der Waals surface area contributed by atoms with E-state index in [1.165, 1.54) is 18.2 Å². The number of aromatic hydroxyl groups is 1. The Labute approximate surface area is 154 Å². The lowest BCUT2D eigenvalue weighted by molar-refractivity contribution is 0.0692. The van der Waals surface area contributed by atoms with E-state index in [2.05, 4.69) is 34.6 Å². The maximum atomic E-state index is 12.9. The first-order chi connectivity index (χ1) is 11.9. The summed E-state index contributed by atoms with van der Waals surface area (Å²) in [5.41, 5.74) is 0.950. The Kier molecular flexibility index (Phi) is 5.26. The van der Waals surface area contributed by atoms with Crippen LogP contribution in [0.5, 0.6) is 5.75 Å². The fourth-order valence-corrected chi connectivity index (χ4v) is 3.58. The molecule has 0 heterocycles. The number of hydrogen-bond acceptors (Lipinski definition) is 3. The number of carbonyl (C=O) groups excluding carboxylic acids is 1. The van der Waals surface area contributed by atoms with Crippen molar-refractivity contribution in [3.8, 4) is 5.75 Å². The van der Waals surface area contributed by atoms with Crippen LogP contribution in [0.15, 0.2) is 42.5 Å². The number of benzene rings is 2. The molecule has 0 bridgehead atoms. The Morgan fingerprint density at radius 2 is 1.46 bits per heavy atom. The van der Waals surface area contributed by atoms with Crippen molar-refractivity contribution in [1.82, 2.24) is 0 Å². The van der Waals surface area contributed by atoms with Gasteiger partial charge in [-0.25, -0.2) is 4.79 Å². The minimum Gasteiger partial charge on any atom is -0.507 e. The number of phenolic OH excluding ortho intramolecular Hbond substituents is 1. The molecule has 0 saturated heterocycles. The van der Waals surface area contributed by atoms with E-state index in [0.29, 0.717) is 0 Å². The molecule has 0 amide bonds. The number of carboxylic acid groups (broad SMARTS) is 1. The van der Waals surface area contributed by atoms with E-state index in [1.807, 2.05) is 6.07 Å². The van der Waals surface area contributed by atoms with Gasteiger partial charge in [-0.3, -0.25) is 4.79 Å². The fourth-order valence-electron chi connectivity index (χ4n) is 3.58. The summed E-state index contributed by atoms with van der Waals surface area (Å²) in [6.07, 6.45) is 0.893. The molecule has 0 fully saturated rings. The van der Waals surface area contributed by atoms with Crippen molar-refractivity contribution < 1.29 is 19.8 Å². The number of carboxylic acids is 1. The summed E-state index contributed by atoms with van der Waals surface area (Å²) in [5.74, 6) is -1.81. The van der Waals surface area contributed by atoms with Gasteiger partial charge in [0.15, 0.2) is 5.78 Å². The van der Waals surface area contributed by atoms with Gasteiger partial charge in [0.1, 0.15) is 5.75 Å². The Hall–Kier alpha value is -2.62. The van der Waals surface area contributed by atoms with Gasteiger partial charge in [-0.15, -0.1) is 0 Å². The van der Waals surface area contributed by atoms with Gasteiger partial charge in [0, 0.05) is 5.56 Å². The molecule has 0 saturated carbocycles. The van der Waals surface area contributed by atoms with Gasteiger partial charge in [0.05, 0.1) is 11.1 Å². The van der Waals surface area contributed by atoms with Crippen molar-refractivity contribution in [2.45, 2.75) is 46.5 Å². The zero-order valence-corrected chi connectivity index (χ0v) is 16.0. The van der Waals surface area contributed by atoms with Gasteiger partial charge >= 0.3 is 5.97 Å². The molecule has 138 valence electrons. The molecular formula is C22H26O4. The third-order valence-corrected chi connectivity index (χ3v) is 4.40. The predicted molar refractivity (Wildman–Crippen MR) is 102 cm³/mol. The van der Waals surface area contributed by atoms with E-state index in [1.54, 1.807) is 18.2 Å². The molecule has 2 aromatic rings. The first-order valence-corrected chi connectivity index (χ1v) is 8.63. The van der Waals surface area contributed by atoms with Crippen molar-refractivity contribution in [1.29, 1.82) is 0 Å². The highest BCUT2D eigenvalue weighted by atomic mass is 16.4. The molecule has 0 aromatic heterocycles. The second-order valence-corrected chi connectivity index (χ2v) is 8.53. The molecule has 0 unspecified atom stereocenters. The number of aromatic carboxylic acids is 1. The van der Waals surface area contributed by atoms with Gasteiger partial charge in [-0.05, 0) is 41.0 Å². The summed E-state index contributed by atoms with van der Waals surface area (Å²) in [4.78, 5) is 24.3. The van der Waals surface area contributed by atoms with E-state index < -0.39 is 11.8 Å². The zero-order valence-electron chi connectivity index (χ0n) is 16.0. The minimum absolute atomic E-state index is 0.0704. The van der Waals surface area contributed by atoms with Gasteiger partial charge in [0.25, 0.3) is 0 Å². The molecule has 26 heavy (non-hydrogen) atoms. The first-order valence-electron chi connectivity index (χ1n) is 8.63. The Bertz CT molecular complexity index is 841. The molecule has 0 aliphatic rings. The number of ketones is 1. The standard InChI is InChI=1S/C22H26O4/c1-21(2,3)13-22(4,5)14-10-11-18(23)17(12-14)19(24)15-8-6-7-9-16(15)20(25)26/h6-12,23H,13H2,1-5H3,(H,25,26). The van der Waals surface area contributed by atoms with E-state index in [0.717, 1.165) is 12.0 Å². The largest absolute Gasteiger partial charge is 0.507 e. The quantitative estimate of drug-likeness (QED) is 0.738. The highest BCUT2D eigenvalue weighted by molar-refractivity contribution is 6.15. The number of carbonyl (C=O) groups is 2. The molecule has 0 spiro atoms. The summed E-state index contributed by atoms with van der Waals surface area (Å²) in [6, 6.07) is 11.1. The van der Waals surface area contributed by atoms with Crippen molar-refractivity contribution in [2.24, 2.45) is 5.41 Å². The highest BCUT2D eigenvalue weighted by Crippen LogP contribution is 2.38. The van der Waals surface area contributed by atoms with Crippen LogP contribution in [0.4, 0.5) is 0 Å². The second kappa shape index (κ2) is 6.94. The van der Waals surface area contributed by atoms with Crippen LogP contribution >= 0.6 is 0 Å². The number of phenols is 1. The van der Waals surface area contributed by atoms with Crippen LogP contribution in [0, 0.1) is 5.41 Å². The molecule has 4 heteroatoms. The summed E-state index contributed by atoms with van der Waals surface area (Å²) in [6.45, 7) is 10.7. The van der Waals surface area contributed by atoms with E-state index in [4.69, 9.17) is 0 Å². The van der Waals surface area contributed by atoms with Gasteiger partial charge in [-0.2, -0.15) is 0 Å². The molecule has 4 nitrogen and oxygen atoms in total. The smallest absolute Gasteiger partial charge is 0.336 e. The lowest BCUT2D eigenvalue weighted by Gasteiger charge is -2.33. The summed E-state index contributed by atoms with van der Waals surface area (Å²) < 4.78 is 0. The highest BCUT2D eigenvalue weighted by Gasteiger charge is 2.29. The van der Waals surface area contributed by atoms with Crippen LogP contribution < -0.4 is 0 Å². The van der Waals surface area contributed by atoms with Crippen LogP contribution in [-0.2, 0) is 5.41 Å². The van der Waals surface area contributed by atoms with Crippen molar-refractivity contribution in [2.75, 3.05) is 0 Å². The summed E-state index contributed by atoms with van der Waals surface area (Å²) >= 11 is 0. The first kappa shape index (κ1) is 19.7. The van der Waals surface area contributed by atoms with Gasteiger partial charge in [0.2, 0.25) is 0 Å². The summed E-state index contributed by atoms with van der Waals surface area (Å²) in [7, 11) is 0. The molecule has 0 radical (unpaired) electrons. The fraction of sp³-hybridized carbons (Fsp3) is 0.364. The average Bonchev–Trinajstić information content (AvgIpc) is 2.52. The maximum Gasteiger partial charge on any atom is 0.336 e. The van der Waals surface area contributed by atoms with Crippen molar-refractivity contribution in [3.63, 3.8) is 0 Å². The Morgan fingerprint density at radius 1 is 0.885 bits per heavy atom. The zero-order chi connectivity index (χ0) is 19.7. The summed E-state index contributed by atoms with van der Waals surface area (Å²) in [5, 5.41) is 19.6. The molecule has 2 N–H and O–H groups in total. The molecule has 0 aliphatic heterocycles. The molecule has 2 rings (SSSR count). The molecular weight excluding hydrogens is 328 g/mol. The average molecular weight is 354 g/mol. The maximum absolute atomic E-state index is 12.9. The van der Waals surface area contributed by atoms with Gasteiger partial charge < -0.3 is 10.2 Å². The monoisotopic (exact) mass is 354 g/mol. The van der Waals surface area contributed by atoms with Crippen LogP contribution in [0.1, 0.15) is 72.9 Å². The lowest BCUT2D eigenvalue weighted by atomic mass is 9.72. The van der Waals surface area contributed by atoms with Gasteiger partial charge in [-0.1, -0.05) is 58.9 Å². The number of hydrogen-bond donors (Lipinski definition) is 2. The van der Waals surface area contributed by atoms with Crippen LogP contribution in [0.25, 0.3) is 0 Å².